The monoisotopic (exact) mass is 562 g/mol. The molecule has 35 heavy (non-hydrogen) atoms. The van der Waals surface area contributed by atoms with Gasteiger partial charge in [0.25, 0.3) is 0 Å². The van der Waals surface area contributed by atoms with Gasteiger partial charge in [-0.15, -0.1) is 11.8 Å². The Hall–Kier alpha value is -1.48. The lowest BCUT2D eigenvalue weighted by molar-refractivity contribution is -0.120. The summed E-state index contributed by atoms with van der Waals surface area (Å²) < 4.78 is 0. The average molecular weight is 564 g/mol. The van der Waals surface area contributed by atoms with Crippen LogP contribution < -0.4 is 21.7 Å². The molecule has 4 aliphatic rings. The fourth-order valence-electron chi connectivity index (χ4n) is 4.98. The van der Waals surface area contributed by atoms with Crippen LogP contribution in [0.2, 0.25) is 0 Å². The largest absolute Gasteiger partial charge is 0.374 e. The Morgan fingerprint density at radius 3 is 2.94 bits per heavy atom. The zero-order valence-corrected chi connectivity index (χ0v) is 22.7. The van der Waals surface area contributed by atoms with Gasteiger partial charge in [-0.1, -0.05) is 41.1 Å². The minimum atomic E-state index is -0.849. The molecule has 2 aliphatic carbocycles. The normalized spacial score (nSPS) is 37.6. The molecule has 190 valence electrons. The van der Waals surface area contributed by atoms with Crippen molar-refractivity contribution < 1.29 is 9.90 Å². The second-order valence-corrected chi connectivity index (χ2v) is 12.7. The summed E-state index contributed by atoms with van der Waals surface area (Å²) in [5.74, 6) is 0.159. The maximum Gasteiger partial charge on any atom is 0.238 e. The van der Waals surface area contributed by atoms with Gasteiger partial charge < -0.3 is 16.2 Å². The second kappa shape index (κ2) is 10.9. The number of nitrogens with two attached hydrogens (primary N) is 1. The van der Waals surface area contributed by atoms with Crippen molar-refractivity contribution in [1.82, 2.24) is 16.0 Å². The fraction of sp³-hybridized carbons (Fsp3) is 0.640. The highest BCUT2D eigenvalue weighted by Crippen LogP contribution is 2.37. The van der Waals surface area contributed by atoms with Gasteiger partial charge in [-0.05, 0) is 56.6 Å². The fourth-order valence-corrected chi connectivity index (χ4v) is 6.83. The summed E-state index contributed by atoms with van der Waals surface area (Å²) in [6, 6.07) is 1.89. The van der Waals surface area contributed by atoms with Crippen LogP contribution in [0.5, 0.6) is 0 Å². The molecule has 8 nitrogen and oxygen atoms in total. The first-order valence-electron chi connectivity index (χ1n) is 12.2. The van der Waals surface area contributed by atoms with Gasteiger partial charge in [0.1, 0.15) is 16.9 Å². The van der Waals surface area contributed by atoms with E-state index >= 15 is 0 Å². The van der Waals surface area contributed by atoms with Crippen molar-refractivity contribution in [2.24, 2.45) is 28.0 Å². The highest BCUT2D eigenvalue weighted by molar-refractivity contribution is 9.09. The van der Waals surface area contributed by atoms with Gasteiger partial charge in [-0.2, -0.15) is 5.26 Å². The third-order valence-corrected chi connectivity index (χ3v) is 9.43. The predicted molar refractivity (Wildman–Crippen MR) is 144 cm³/mol. The number of carbonyl (C=O) groups is 1. The van der Waals surface area contributed by atoms with Crippen LogP contribution in [0, 0.1) is 28.6 Å². The Morgan fingerprint density at radius 2 is 2.20 bits per heavy atom. The number of allylic oxidation sites excluding steroid dienone is 3. The number of aliphatic imine (C=N–C) groups is 1. The van der Waals surface area contributed by atoms with Gasteiger partial charge in [0.15, 0.2) is 0 Å². The summed E-state index contributed by atoms with van der Waals surface area (Å²) in [4.78, 5) is 17.7. The Labute approximate surface area is 220 Å². The van der Waals surface area contributed by atoms with Crippen LogP contribution in [-0.4, -0.2) is 57.2 Å². The number of hydrogen-bond acceptors (Lipinski definition) is 8. The van der Waals surface area contributed by atoms with E-state index in [1.54, 1.807) is 6.21 Å². The molecule has 0 aromatic heterocycles. The van der Waals surface area contributed by atoms with E-state index < -0.39 is 16.9 Å². The average Bonchev–Trinajstić information content (AvgIpc) is 3.17. The molecule has 10 heteroatoms. The molecule has 2 aliphatic heterocycles. The van der Waals surface area contributed by atoms with Gasteiger partial charge in [0.2, 0.25) is 5.91 Å². The van der Waals surface area contributed by atoms with Crippen molar-refractivity contribution in [2.75, 3.05) is 0 Å². The maximum atomic E-state index is 13.2. The lowest BCUT2D eigenvalue weighted by Gasteiger charge is -2.32. The number of amides is 1. The van der Waals surface area contributed by atoms with Crippen LogP contribution in [0.15, 0.2) is 40.6 Å². The van der Waals surface area contributed by atoms with Crippen molar-refractivity contribution in [3.05, 3.63) is 35.6 Å². The molecule has 1 fully saturated rings. The number of nitriles is 1. The predicted octanol–water partition coefficient (Wildman–Crippen LogP) is 2.28. The Morgan fingerprint density at radius 1 is 1.43 bits per heavy atom. The first kappa shape index (κ1) is 26.6. The molecule has 6 N–H and O–H groups in total. The van der Waals surface area contributed by atoms with E-state index in [0.29, 0.717) is 0 Å². The molecule has 0 aromatic carbocycles. The van der Waals surface area contributed by atoms with Gasteiger partial charge in [-0.25, -0.2) is 0 Å². The lowest BCUT2D eigenvalue weighted by atomic mass is 9.75. The van der Waals surface area contributed by atoms with Crippen LogP contribution in [-0.2, 0) is 4.79 Å². The quantitative estimate of drug-likeness (QED) is 0.190. The van der Waals surface area contributed by atoms with E-state index in [-0.39, 0.29) is 46.2 Å². The Bertz CT molecular complexity index is 989. The summed E-state index contributed by atoms with van der Waals surface area (Å²) >= 11 is 4.98. The molecule has 1 amide bonds. The molecular formula is C25H35BrN6O2S. The molecule has 0 aromatic rings. The molecule has 2 heterocycles. The summed E-state index contributed by atoms with van der Waals surface area (Å²) in [6.45, 7) is 5.95. The van der Waals surface area contributed by atoms with Crippen molar-refractivity contribution in [3.63, 3.8) is 0 Å². The van der Waals surface area contributed by atoms with Gasteiger partial charge in [0.05, 0.1) is 22.5 Å². The minimum Gasteiger partial charge on any atom is -0.374 e. The van der Waals surface area contributed by atoms with E-state index in [0.717, 1.165) is 30.5 Å². The summed E-state index contributed by atoms with van der Waals surface area (Å²) in [7, 11) is 0. The van der Waals surface area contributed by atoms with Crippen molar-refractivity contribution >= 4 is 39.8 Å². The smallest absolute Gasteiger partial charge is 0.238 e. The topological polar surface area (TPSA) is 136 Å². The first-order valence-corrected chi connectivity index (χ1v) is 14.1. The van der Waals surface area contributed by atoms with E-state index in [9.17, 15) is 15.2 Å². The molecule has 4 rings (SSSR count). The zero-order chi connectivity index (χ0) is 25.3. The molecule has 4 unspecified atom stereocenters. The molecule has 1 saturated heterocycles. The summed E-state index contributed by atoms with van der Waals surface area (Å²) in [5.41, 5.74) is 7.56. The van der Waals surface area contributed by atoms with E-state index in [2.05, 4.69) is 49.9 Å². The number of nitrogens with one attached hydrogen (secondary N) is 3. The maximum absolute atomic E-state index is 13.2. The SMILES string of the molecule is C[C@H]1CC[C@@H](NC(O)C2=C[C@H](C(C)(C)C#N)CC=C2)C=C1NC(=O)[C@@H]1SC2N=CC(Br)N[C@@H]2C1N. The molecule has 0 radical (unpaired) electrons. The van der Waals surface area contributed by atoms with E-state index in [1.807, 2.05) is 38.2 Å². The third kappa shape index (κ3) is 5.92. The first-order chi connectivity index (χ1) is 16.6. The number of hydrogen-bond donors (Lipinski definition) is 5. The number of halogens is 1. The van der Waals surface area contributed by atoms with Crippen molar-refractivity contribution in [3.8, 4) is 6.07 Å². The number of nitrogens with zero attached hydrogens (tertiary/aromatic N) is 2. The molecular weight excluding hydrogens is 528 g/mol. The van der Waals surface area contributed by atoms with Gasteiger partial charge in [-0.3, -0.25) is 20.4 Å². The number of aliphatic hydroxyl groups is 1. The van der Waals surface area contributed by atoms with Crippen molar-refractivity contribution in [1.29, 1.82) is 5.26 Å². The molecule has 9 atom stereocenters. The molecule has 0 saturated carbocycles. The number of alkyl halides is 1. The van der Waals surface area contributed by atoms with Crippen LogP contribution in [0.4, 0.5) is 0 Å². The standard InChI is InChI=1S/C25H35BrN6O2S/c1-13-7-8-16(30-22(33)14-5-4-6-15(9-14)25(2,3)12-27)10-17(13)31-23(34)21-19(28)20-24(35-21)29-11-18(26)32-20/h4-5,9-11,13,15-16,18-22,24,30,32-33H,6-8,28H2,1-3H3,(H,31,34)/t13-,15+,16+,18?,19?,20+,21+,22?,24?/m0/s1. The summed E-state index contributed by atoms with van der Waals surface area (Å²) in [6.07, 6.45) is 11.4. The number of rotatable bonds is 6. The highest BCUT2D eigenvalue weighted by Gasteiger charge is 2.47. The lowest BCUT2D eigenvalue weighted by Crippen LogP contribution is -2.55. The zero-order valence-electron chi connectivity index (χ0n) is 20.3. The Kier molecular flexibility index (Phi) is 8.25. The second-order valence-electron chi connectivity index (χ2n) is 10.4. The highest BCUT2D eigenvalue weighted by atomic mass is 79.9. The number of fused-ring (bicyclic) bond motifs is 1. The molecule has 0 spiro atoms. The van der Waals surface area contributed by atoms with Crippen LogP contribution in [0.3, 0.4) is 0 Å². The number of aliphatic hydroxyl groups excluding tert-OH is 1. The minimum absolute atomic E-state index is 0.0353. The third-order valence-electron chi connectivity index (χ3n) is 7.42. The van der Waals surface area contributed by atoms with Gasteiger partial charge >= 0.3 is 0 Å². The summed E-state index contributed by atoms with van der Waals surface area (Å²) in [5, 5.41) is 29.7. The Balaban J connectivity index is 1.40. The van der Waals surface area contributed by atoms with Gasteiger partial charge in [0, 0.05) is 24.0 Å². The number of thioether (sulfide) groups is 1. The van der Waals surface area contributed by atoms with Crippen LogP contribution >= 0.6 is 27.7 Å². The molecule has 0 bridgehead atoms. The number of carbonyl (C=O) groups excluding carboxylic acids is 1. The van der Waals surface area contributed by atoms with Crippen molar-refractivity contribution in [2.45, 2.75) is 80.0 Å². The van der Waals surface area contributed by atoms with E-state index in [1.165, 1.54) is 11.8 Å². The van der Waals surface area contributed by atoms with E-state index in [4.69, 9.17) is 5.73 Å². The van der Waals surface area contributed by atoms with Crippen LogP contribution in [0.25, 0.3) is 0 Å². The van der Waals surface area contributed by atoms with Crippen LogP contribution in [0.1, 0.15) is 40.0 Å².